The van der Waals surface area contributed by atoms with Gasteiger partial charge in [0.2, 0.25) is 0 Å². The van der Waals surface area contributed by atoms with Gasteiger partial charge in [0.15, 0.2) is 0 Å². The molecular formula is C16H27N5. The molecule has 1 N–H and O–H groups in total. The topological polar surface area (TPSA) is 44.3 Å². The quantitative estimate of drug-likeness (QED) is 0.924. The average Bonchev–Trinajstić information content (AvgIpc) is 3.00. The summed E-state index contributed by atoms with van der Waals surface area (Å²) in [6, 6.07) is 0.706. The molecule has 5 heteroatoms. The Labute approximate surface area is 127 Å². The van der Waals surface area contributed by atoms with Crippen LogP contribution in [0.5, 0.6) is 0 Å². The maximum atomic E-state index is 4.70. The van der Waals surface area contributed by atoms with Gasteiger partial charge in [-0.05, 0) is 46.2 Å². The van der Waals surface area contributed by atoms with E-state index in [-0.39, 0.29) is 0 Å². The first kappa shape index (κ1) is 14.6. The van der Waals surface area contributed by atoms with Gasteiger partial charge in [-0.15, -0.1) is 0 Å². The Bertz CT molecular complexity index is 496. The van der Waals surface area contributed by atoms with E-state index in [1.807, 2.05) is 14.0 Å². The molecule has 1 atom stereocenters. The standard InChI is InChI=1S/C16H27N5/c1-12-15(17-3)18-13(2)19-16(12)21-10-7-14(11-21)20-8-5-4-6-9-20/h14H,4-11H2,1-3H3,(H,17,18,19). The molecule has 0 aromatic carbocycles. The molecule has 1 unspecified atom stereocenters. The summed E-state index contributed by atoms with van der Waals surface area (Å²) in [6.45, 7) is 8.88. The zero-order valence-electron chi connectivity index (χ0n) is 13.5. The Morgan fingerprint density at radius 1 is 1.05 bits per heavy atom. The molecule has 1 aromatic heterocycles. The minimum atomic E-state index is 0.706. The fraction of sp³-hybridized carbons (Fsp3) is 0.750. The molecule has 0 saturated carbocycles. The Balaban J connectivity index is 1.75. The first-order valence-corrected chi connectivity index (χ1v) is 8.21. The average molecular weight is 289 g/mol. The summed E-state index contributed by atoms with van der Waals surface area (Å²) in [5, 5.41) is 3.19. The summed E-state index contributed by atoms with van der Waals surface area (Å²) in [4.78, 5) is 14.3. The predicted molar refractivity (Wildman–Crippen MR) is 87.1 cm³/mol. The minimum Gasteiger partial charge on any atom is -0.373 e. The summed E-state index contributed by atoms with van der Waals surface area (Å²) in [5.74, 6) is 2.92. The zero-order valence-corrected chi connectivity index (χ0v) is 13.5. The normalized spacial score (nSPS) is 23.6. The van der Waals surface area contributed by atoms with Gasteiger partial charge in [-0.3, -0.25) is 4.90 Å². The molecule has 0 spiro atoms. The summed E-state index contributed by atoms with van der Waals surface area (Å²) in [6.07, 6.45) is 5.40. The number of aryl methyl sites for hydroxylation is 1. The van der Waals surface area contributed by atoms with Crippen LogP contribution in [0.25, 0.3) is 0 Å². The highest BCUT2D eigenvalue weighted by atomic mass is 15.3. The lowest BCUT2D eigenvalue weighted by molar-refractivity contribution is 0.175. The molecular weight excluding hydrogens is 262 g/mol. The number of hydrogen-bond donors (Lipinski definition) is 1. The fourth-order valence-electron chi connectivity index (χ4n) is 3.68. The van der Waals surface area contributed by atoms with Crippen molar-refractivity contribution in [3.05, 3.63) is 11.4 Å². The number of aromatic nitrogens is 2. The van der Waals surface area contributed by atoms with Gasteiger partial charge in [0.05, 0.1) is 0 Å². The number of rotatable bonds is 3. The first-order valence-electron chi connectivity index (χ1n) is 8.21. The maximum absolute atomic E-state index is 4.70. The van der Waals surface area contributed by atoms with Gasteiger partial charge in [-0.1, -0.05) is 6.42 Å². The van der Waals surface area contributed by atoms with Crippen LogP contribution in [0.3, 0.4) is 0 Å². The molecule has 0 amide bonds. The van der Waals surface area contributed by atoms with Gasteiger partial charge < -0.3 is 10.2 Å². The predicted octanol–water partition coefficient (Wildman–Crippen LogP) is 2.20. The van der Waals surface area contributed by atoms with Crippen molar-refractivity contribution in [1.29, 1.82) is 0 Å². The molecule has 116 valence electrons. The van der Waals surface area contributed by atoms with Crippen molar-refractivity contribution < 1.29 is 0 Å². The largest absolute Gasteiger partial charge is 0.373 e. The fourth-order valence-corrected chi connectivity index (χ4v) is 3.68. The van der Waals surface area contributed by atoms with Crippen molar-refractivity contribution in [1.82, 2.24) is 14.9 Å². The molecule has 5 nitrogen and oxygen atoms in total. The molecule has 2 fully saturated rings. The van der Waals surface area contributed by atoms with E-state index in [9.17, 15) is 0 Å². The monoisotopic (exact) mass is 289 g/mol. The third kappa shape index (κ3) is 2.98. The molecule has 0 bridgehead atoms. The van der Waals surface area contributed by atoms with Crippen LogP contribution in [-0.4, -0.2) is 54.1 Å². The molecule has 2 aliphatic heterocycles. The van der Waals surface area contributed by atoms with E-state index in [1.165, 1.54) is 44.3 Å². The number of anilines is 2. The van der Waals surface area contributed by atoms with Crippen LogP contribution >= 0.6 is 0 Å². The second-order valence-corrected chi connectivity index (χ2v) is 6.30. The van der Waals surface area contributed by atoms with Crippen LogP contribution in [0, 0.1) is 13.8 Å². The van der Waals surface area contributed by atoms with Crippen molar-refractivity contribution in [2.75, 3.05) is 43.4 Å². The van der Waals surface area contributed by atoms with Crippen LogP contribution < -0.4 is 10.2 Å². The highest BCUT2D eigenvalue weighted by molar-refractivity contribution is 5.59. The van der Waals surface area contributed by atoms with E-state index in [0.29, 0.717) is 6.04 Å². The molecule has 0 aliphatic carbocycles. The van der Waals surface area contributed by atoms with Gasteiger partial charge in [0.25, 0.3) is 0 Å². The van der Waals surface area contributed by atoms with Crippen molar-refractivity contribution in [2.24, 2.45) is 0 Å². The lowest BCUT2D eigenvalue weighted by Gasteiger charge is -2.32. The molecule has 1 aromatic rings. The van der Waals surface area contributed by atoms with Gasteiger partial charge in [0.1, 0.15) is 17.5 Å². The van der Waals surface area contributed by atoms with Crippen LogP contribution in [0.1, 0.15) is 37.1 Å². The summed E-state index contributed by atoms with van der Waals surface area (Å²) >= 11 is 0. The third-order valence-corrected chi connectivity index (χ3v) is 4.84. The number of piperidine rings is 1. The van der Waals surface area contributed by atoms with Crippen molar-refractivity contribution in [2.45, 2.75) is 45.6 Å². The Hall–Kier alpha value is -1.36. The van der Waals surface area contributed by atoms with Crippen molar-refractivity contribution in [3.8, 4) is 0 Å². The van der Waals surface area contributed by atoms with E-state index in [2.05, 4.69) is 27.0 Å². The smallest absolute Gasteiger partial charge is 0.137 e. The lowest BCUT2D eigenvalue weighted by atomic mass is 10.1. The lowest BCUT2D eigenvalue weighted by Crippen LogP contribution is -2.41. The van der Waals surface area contributed by atoms with Crippen LogP contribution in [0.2, 0.25) is 0 Å². The molecule has 3 heterocycles. The molecule has 21 heavy (non-hydrogen) atoms. The van der Waals surface area contributed by atoms with E-state index >= 15 is 0 Å². The third-order valence-electron chi connectivity index (χ3n) is 4.84. The summed E-state index contributed by atoms with van der Waals surface area (Å²) < 4.78 is 0. The van der Waals surface area contributed by atoms with Gasteiger partial charge >= 0.3 is 0 Å². The number of likely N-dealkylation sites (tertiary alicyclic amines) is 1. The van der Waals surface area contributed by atoms with Gasteiger partial charge in [-0.25, -0.2) is 9.97 Å². The molecule has 2 aliphatic rings. The van der Waals surface area contributed by atoms with E-state index in [1.54, 1.807) is 0 Å². The highest BCUT2D eigenvalue weighted by Crippen LogP contribution is 2.28. The Kier molecular flexibility index (Phi) is 4.29. The van der Waals surface area contributed by atoms with Crippen LogP contribution in [0.15, 0.2) is 0 Å². The Morgan fingerprint density at radius 3 is 2.52 bits per heavy atom. The second kappa shape index (κ2) is 6.18. The summed E-state index contributed by atoms with van der Waals surface area (Å²) in [5.41, 5.74) is 1.17. The molecule has 3 rings (SSSR count). The van der Waals surface area contributed by atoms with Crippen LogP contribution in [-0.2, 0) is 0 Å². The second-order valence-electron chi connectivity index (χ2n) is 6.30. The number of nitrogens with zero attached hydrogens (tertiary/aromatic N) is 4. The van der Waals surface area contributed by atoms with E-state index < -0.39 is 0 Å². The van der Waals surface area contributed by atoms with E-state index in [4.69, 9.17) is 4.98 Å². The maximum Gasteiger partial charge on any atom is 0.137 e. The molecule has 0 radical (unpaired) electrons. The van der Waals surface area contributed by atoms with Crippen LogP contribution in [0.4, 0.5) is 11.6 Å². The zero-order chi connectivity index (χ0) is 14.8. The van der Waals surface area contributed by atoms with Gasteiger partial charge in [-0.2, -0.15) is 0 Å². The Morgan fingerprint density at radius 2 is 1.81 bits per heavy atom. The minimum absolute atomic E-state index is 0.706. The van der Waals surface area contributed by atoms with Crippen molar-refractivity contribution >= 4 is 11.6 Å². The first-order chi connectivity index (χ1) is 10.2. The molecule has 2 saturated heterocycles. The number of nitrogens with one attached hydrogen (secondary N) is 1. The van der Waals surface area contributed by atoms with Crippen molar-refractivity contribution in [3.63, 3.8) is 0 Å². The SMILES string of the molecule is CNc1nc(C)nc(N2CCC(N3CCCCC3)C2)c1C. The number of hydrogen-bond acceptors (Lipinski definition) is 5. The highest BCUT2D eigenvalue weighted by Gasteiger charge is 2.30. The van der Waals surface area contributed by atoms with E-state index in [0.717, 1.165) is 30.5 Å². The van der Waals surface area contributed by atoms with Gasteiger partial charge in [0, 0.05) is 31.7 Å². The summed E-state index contributed by atoms with van der Waals surface area (Å²) in [7, 11) is 1.93.